The molecule has 0 radical (unpaired) electrons. The Morgan fingerprint density at radius 1 is 1.67 bits per heavy atom. The Morgan fingerprint density at radius 2 is 2.40 bits per heavy atom. The van der Waals surface area contributed by atoms with E-state index in [1.54, 1.807) is 7.11 Å². The van der Waals surface area contributed by atoms with Crippen LogP contribution in [0.5, 0.6) is 0 Å². The third-order valence-electron chi connectivity index (χ3n) is 2.78. The predicted octanol–water partition coefficient (Wildman–Crippen LogP) is 0.609. The lowest BCUT2D eigenvalue weighted by Crippen LogP contribution is -2.46. The van der Waals surface area contributed by atoms with Crippen LogP contribution in [0.1, 0.15) is 26.2 Å². The second-order valence-electron chi connectivity index (χ2n) is 4.51. The van der Waals surface area contributed by atoms with Crippen LogP contribution in [-0.2, 0) is 9.53 Å². The van der Waals surface area contributed by atoms with E-state index >= 15 is 0 Å². The first-order chi connectivity index (χ1) is 7.13. The minimum absolute atomic E-state index is 0.167. The number of hydrogen-bond acceptors (Lipinski definition) is 3. The maximum Gasteiger partial charge on any atom is 0.222 e. The zero-order chi connectivity index (χ0) is 11.3. The molecule has 2 atom stereocenters. The van der Waals surface area contributed by atoms with E-state index < -0.39 is 0 Å². The minimum Gasteiger partial charge on any atom is -0.384 e. The van der Waals surface area contributed by atoms with E-state index in [-0.39, 0.29) is 11.9 Å². The third kappa shape index (κ3) is 4.18. The average Bonchev–Trinajstić information content (AvgIpc) is 2.18. The van der Waals surface area contributed by atoms with Crippen LogP contribution in [0.15, 0.2) is 0 Å². The van der Waals surface area contributed by atoms with Gasteiger partial charge in [-0.3, -0.25) is 4.79 Å². The molecule has 1 rings (SSSR count). The van der Waals surface area contributed by atoms with Crippen molar-refractivity contribution in [2.75, 3.05) is 26.8 Å². The summed E-state index contributed by atoms with van der Waals surface area (Å²) in [6.07, 6.45) is 2.64. The summed E-state index contributed by atoms with van der Waals surface area (Å²) in [5.74, 6) is 0.510. The summed E-state index contributed by atoms with van der Waals surface area (Å²) in [7, 11) is 1.66. The van der Waals surface area contributed by atoms with Crippen molar-refractivity contribution >= 4 is 5.91 Å². The monoisotopic (exact) mass is 214 g/mol. The largest absolute Gasteiger partial charge is 0.384 e. The molecule has 1 saturated heterocycles. The maximum absolute atomic E-state index is 11.8. The molecule has 15 heavy (non-hydrogen) atoms. The summed E-state index contributed by atoms with van der Waals surface area (Å²) in [5, 5.41) is 0. The van der Waals surface area contributed by atoms with Crippen molar-refractivity contribution in [2.45, 2.75) is 32.2 Å². The van der Waals surface area contributed by atoms with Crippen LogP contribution >= 0.6 is 0 Å². The fourth-order valence-electron chi connectivity index (χ4n) is 2.01. The molecule has 0 saturated carbocycles. The van der Waals surface area contributed by atoms with Crippen molar-refractivity contribution < 1.29 is 9.53 Å². The van der Waals surface area contributed by atoms with Crippen molar-refractivity contribution in [1.29, 1.82) is 0 Å². The Kier molecular flexibility index (Phi) is 5.05. The highest BCUT2D eigenvalue weighted by atomic mass is 16.5. The Balaban J connectivity index is 2.32. The fraction of sp³-hybridized carbons (Fsp3) is 0.909. The van der Waals surface area contributed by atoms with Crippen LogP contribution in [0.25, 0.3) is 0 Å². The van der Waals surface area contributed by atoms with Crippen LogP contribution in [-0.4, -0.2) is 43.7 Å². The first-order valence-corrected chi connectivity index (χ1v) is 5.65. The van der Waals surface area contributed by atoms with Gasteiger partial charge in [0, 0.05) is 39.3 Å². The Hall–Kier alpha value is -0.610. The second-order valence-corrected chi connectivity index (χ2v) is 4.51. The van der Waals surface area contributed by atoms with Gasteiger partial charge in [0.25, 0.3) is 0 Å². The predicted molar refractivity (Wildman–Crippen MR) is 59.4 cm³/mol. The number of nitrogens with zero attached hydrogens (tertiary/aromatic N) is 1. The van der Waals surface area contributed by atoms with Gasteiger partial charge in [0.1, 0.15) is 0 Å². The summed E-state index contributed by atoms with van der Waals surface area (Å²) in [6, 6.07) is 0.167. The lowest BCUT2D eigenvalue weighted by atomic mass is 10.0. The summed E-state index contributed by atoms with van der Waals surface area (Å²) in [5.41, 5.74) is 5.83. The smallest absolute Gasteiger partial charge is 0.222 e. The Labute approximate surface area is 91.8 Å². The first-order valence-electron chi connectivity index (χ1n) is 5.65. The van der Waals surface area contributed by atoms with Crippen LogP contribution in [0.4, 0.5) is 0 Å². The number of carbonyl (C=O) groups is 1. The molecule has 0 spiro atoms. The molecule has 4 nitrogen and oxygen atoms in total. The SMILES string of the molecule is COCC(C)CC(=O)N1CCCC(N)C1. The van der Waals surface area contributed by atoms with Crippen LogP contribution in [0.2, 0.25) is 0 Å². The molecular formula is C11H22N2O2. The summed E-state index contributed by atoms with van der Waals surface area (Å²) < 4.78 is 5.02. The van der Waals surface area contributed by atoms with Crippen molar-refractivity contribution in [3.8, 4) is 0 Å². The molecule has 1 aliphatic rings. The summed E-state index contributed by atoms with van der Waals surface area (Å²) >= 11 is 0. The molecule has 2 N–H and O–H groups in total. The van der Waals surface area contributed by atoms with Crippen LogP contribution in [0.3, 0.4) is 0 Å². The van der Waals surface area contributed by atoms with E-state index in [4.69, 9.17) is 10.5 Å². The third-order valence-corrected chi connectivity index (χ3v) is 2.78. The molecule has 1 aliphatic heterocycles. The lowest BCUT2D eigenvalue weighted by molar-refractivity contribution is -0.133. The molecule has 0 aromatic heterocycles. The molecular weight excluding hydrogens is 192 g/mol. The number of methoxy groups -OCH3 is 1. The molecule has 0 aromatic rings. The molecule has 1 heterocycles. The van der Waals surface area contributed by atoms with Crippen molar-refractivity contribution in [1.82, 2.24) is 4.90 Å². The van der Waals surface area contributed by atoms with Gasteiger partial charge in [-0.25, -0.2) is 0 Å². The van der Waals surface area contributed by atoms with E-state index in [9.17, 15) is 4.79 Å². The number of amides is 1. The topological polar surface area (TPSA) is 55.6 Å². The molecule has 0 aliphatic carbocycles. The van der Waals surface area contributed by atoms with E-state index in [1.807, 2.05) is 11.8 Å². The van der Waals surface area contributed by atoms with Gasteiger partial charge in [-0.2, -0.15) is 0 Å². The van der Waals surface area contributed by atoms with Gasteiger partial charge in [0.2, 0.25) is 5.91 Å². The van der Waals surface area contributed by atoms with Crippen molar-refractivity contribution in [2.24, 2.45) is 11.7 Å². The van der Waals surface area contributed by atoms with Gasteiger partial charge in [-0.05, 0) is 18.8 Å². The van der Waals surface area contributed by atoms with Crippen LogP contribution < -0.4 is 5.73 Å². The number of rotatable bonds is 4. The standard InChI is InChI=1S/C11H22N2O2/c1-9(8-15-2)6-11(14)13-5-3-4-10(12)7-13/h9-10H,3-8,12H2,1-2H3. The highest BCUT2D eigenvalue weighted by Gasteiger charge is 2.22. The summed E-state index contributed by atoms with van der Waals surface area (Å²) in [6.45, 7) is 4.27. The highest BCUT2D eigenvalue weighted by Crippen LogP contribution is 2.12. The number of hydrogen-bond donors (Lipinski definition) is 1. The molecule has 88 valence electrons. The van der Waals surface area contributed by atoms with Gasteiger partial charge in [0.15, 0.2) is 0 Å². The van der Waals surface area contributed by atoms with Crippen molar-refractivity contribution in [3.05, 3.63) is 0 Å². The molecule has 1 fully saturated rings. The molecule has 2 unspecified atom stereocenters. The fourth-order valence-corrected chi connectivity index (χ4v) is 2.01. The van der Waals surface area contributed by atoms with Gasteiger partial charge in [-0.1, -0.05) is 6.92 Å². The number of carbonyl (C=O) groups excluding carboxylic acids is 1. The Morgan fingerprint density at radius 3 is 3.00 bits per heavy atom. The number of ether oxygens (including phenoxy) is 1. The molecule has 0 aromatic carbocycles. The van der Waals surface area contributed by atoms with E-state index in [0.717, 1.165) is 25.9 Å². The zero-order valence-corrected chi connectivity index (χ0v) is 9.74. The number of nitrogens with two attached hydrogens (primary N) is 1. The Bertz CT molecular complexity index is 209. The van der Waals surface area contributed by atoms with Crippen molar-refractivity contribution in [3.63, 3.8) is 0 Å². The van der Waals surface area contributed by atoms with E-state index in [0.29, 0.717) is 18.9 Å². The van der Waals surface area contributed by atoms with Gasteiger partial charge < -0.3 is 15.4 Å². The van der Waals surface area contributed by atoms with Gasteiger partial charge >= 0.3 is 0 Å². The van der Waals surface area contributed by atoms with Gasteiger partial charge in [0.05, 0.1) is 0 Å². The minimum atomic E-state index is 0.167. The van der Waals surface area contributed by atoms with Crippen LogP contribution in [0, 0.1) is 5.92 Å². The second kappa shape index (κ2) is 6.08. The molecule has 0 bridgehead atoms. The number of piperidine rings is 1. The molecule has 4 heteroatoms. The number of likely N-dealkylation sites (tertiary alicyclic amines) is 1. The molecule has 1 amide bonds. The van der Waals surface area contributed by atoms with Gasteiger partial charge in [-0.15, -0.1) is 0 Å². The average molecular weight is 214 g/mol. The maximum atomic E-state index is 11.8. The lowest BCUT2D eigenvalue weighted by Gasteiger charge is -2.31. The highest BCUT2D eigenvalue weighted by molar-refractivity contribution is 5.76. The van der Waals surface area contributed by atoms with E-state index in [1.165, 1.54) is 0 Å². The first kappa shape index (κ1) is 12.5. The normalized spacial score (nSPS) is 23.9. The van der Waals surface area contributed by atoms with E-state index in [2.05, 4.69) is 0 Å². The zero-order valence-electron chi connectivity index (χ0n) is 9.74. The summed E-state index contributed by atoms with van der Waals surface area (Å²) in [4.78, 5) is 13.7. The quantitative estimate of drug-likeness (QED) is 0.746.